The molecule has 1 aromatic heterocycles. The summed E-state index contributed by atoms with van der Waals surface area (Å²) in [6.07, 6.45) is 2.64. The molecule has 0 radical (unpaired) electrons. The van der Waals surface area contributed by atoms with Gasteiger partial charge in [0.1, 0.15) is 0 Å². The molecule has 6 nitrogen and oxygen atoms in total. The molecule has 19 heavy (non-hydrogen) atoms. The molecule has 0 bridgehead atoms. The van der Waals surface area contributed by atoms with Gasteiger partial charge >= 0.3 is 0 Å². The molecule has 3 N–H and O–H groups in total. The van der Waals surface area contributed by atoms with Gasteiger partial charge in [-0.3, -0.25) is 0 Å². The van der Waals surface area contributed by atoms with E-state index in [9.17, 15) is 8.42 Å². The minimum Gasteiger partial charge on any atom is -0.335 e. The number of imidazole rings is 1. The van der Waals surface area contributed by atoms with Crippen LogP contribution in [0.4, 0.5) is 0 Å². The molecule has 0 aliphatic carbocycles. The van der Waals surface area contributed by atoms with Crippen LogP contribution in [-0.4, -0.2) is 29.7 Å². The molecule has 7 heteroatoms. The van der Waals surface area contributed by atoms with Gasteiger partial charge < -0.3 is 10.7 Å². The Bertz CT molecular complexity index is 620. The van der Waals surface area contributed by atoms with Crippen LogP contribution in [0.2, 0.25) is 0 Å². The van der Waals surface area contributed by atoms with Crippen molar-refractivity contribution in [3.05, 3.63) is 47.9 Å². The lowest BCUT2D eigenvalue weighted by atomic mass is 10.1. The first kappa shape index (κ1) is 13.7. The van der Waals surface area contributed by atoms with E-state index in [4.69, 9.17) is 5.73 Å². The number of rotatable bonds is 5. The quantitative estimate of drug-likeness (QED) is 0.842. The van der Waals surface area contributed by atoms with E-state index in [1.807, 2.05) is 24.3 Å². The summed E-state index contributed by atoms with van der Waals surface area (Å²) >= 11 is 0. The number of benzene rings is 1. The van der Waals surface area contributed by atoms with Crippen molar-refractivity contribution in [2.75, 3.05) is 7.05 Å². The largest absolute Gasteiger partial charge is 0.335 e. The molecule has 2 aromatic rings. The van der Waals surface area contributed by atoms with Gasteiger partial charge in [-0.05, 0) is 11.1 Å². The molecule has 0 saturated carbocycles. The number of nitrogens with two attached hydrogens (primary N) is 1. The fourth-order valence-electron chi connectivity index (χ4n) is 1.67. The summed E-state index contributed by atoms with van der Waals surface area (Å²) in [6, 6.07) is 7.54. The van der Waals surface area contributed by atoms with E-state index in [1.165, 1.54) is 23.9 Å². The van der Waals surface area contributed by atoms with Crippen molar-refractivity contribution in [3.63, 3.8) is 0 Å². The van der Waals surface area contributed by atoms with E-state index >= 15 is 0 Å². The standard InChI is InChI=1S/C12H16N4O2S/c1-16(19(17,18)12-7-14-9-15-12)8-11-4-2-10(6-13)3-5-11/h2-5,7,9H,6,8,13H2,1H3,(H,14,15). The van der Waals surface area contributed by atoms with Crippen LogP contribution in [0, 0.1) is 0 Å². The third kappa shape index (κ3) is 3.01. The van der Waals surface area contributed by atoms with Crippen LogP contribution < -0.4 is 5.73 Å². The summed E-state index contributed by atoms with van der Waals surface area (Å²) < 4.78 is 25.6. The summed E-state index contributed by atoms with van der Waals surface area (Å²) in [6.45, 7) is 0.773. The maximum atomic E-state index is 12.2. The normalized spacial score (nSPS) is 11.9. The van der Waals surface area contributed by atoms with Crippen molar-refractivity contribution in [1.29, 1.82) is 0 Å². The highest BCUT2D eigenvalue weighted by Gasteiger charge is 2.22. The second-order valence-corrected chi connectivity index (χ2v) is 6.21. The van der Waals surface area contributed by atoms with Gasteiger partial charge in [0.25, 0.3) is 10.0 Å². The summed E-state index contributed by atoms with van der Waals surface area (Å²) in [4.78, 5) is 6.33. The Morgan fingerprint density at radius 2 is 1.89 bits per heavy atom. The third-order valence-corrected chi connectivity index (χ3v) is 4.55. The molecule has 0 spiro atoms. The zero-order chi connectivity index (χ0) is 13.9. The number of H-pyrrole nitrogens is 1. The average Bonchev–Trinajstić information content (AvgIpc) is 2.94. The Morgan fingerprint density at radius 3 is 2.42 bits per heavy atom. The molecule has 0 fully saturated rings. The number of aromatic nitrogens is 2. The first-order valence-electron chi connectivity index (χ1n) is 5.76. The van der Waals surface area contributed by atoms with Crippen molar-refractivity contribution >= 4 is 10.0 Å². The number of nitrogens with zero attached hydrogens (tertiary/aromatic N) is 2. The van der Waals surface area contributed by atoms with E-state index in [1.54, 1.807) is 0 Å². The lowest BCUT2D eigenvalue weighted by Crippen LogP contribution is -2.26. The molecule has 0 saturated heterocycles. The number of aromatic amines is 1. The lowest BCUT2D eigenvalue weighted by Gasteiger charge is -2.16. The number of nitrogens with one attached hydrogen (secondary N) is 1. The second kappa shape index (κ2) is 5.52. The summed E-state index contributed by atoms with van der Waals surface area (Å²) in [7, 11) is -1.98. The van der Waals surface area contributed by atoms with Crippen molar-refractivity contribution in [1.82, 2.24) is 14.3 Å². The Labute approximate surface area is 112 Å². The first-order chi connectivity index (χ1) is 9.04. The van der Waals surface area contributed by atoms with Crippen molar-refractivity contribution in [2.45, 2.75) is 18.1 Å². The van der Waals surface area contributed by atoms with E-state index in [0.717, 1.165) is 11.1 Å². The predicted molar refractivity (Wildman–Crippen MR) is 71.6 cm³/mol. The molecule has 0 aliphatic rings. The summed E-state index contributed by atoms with van der Waals surface area (Å²) in [5, 5.41) is 0.0913. The Kier molecular flexibility index (Phi) is 3.98. The van der Waals surface area contributed by atoms with Gasteiger partial charge in [-0.2, -0.15) is 4.31 Å². The van der Waals surface area contributed by atoms with Gasteiger partial charge in [-0.15, -0.1) is 0 Å². The van der Waals surface area contributed by atoms with Gasteiger partial charge in [0.15, 0.2) is 5.03 Å². The van der Waals surface area contributed by atoms with E-state index < -0.39 is 10.0 Å². The van der Waals surface area contributed by atoms with E-state index in [0.29, 0.717) is 13.1 Å². The van der Waals surface area contributed by atoms with Gasteiger partial charge in [0.2, 0.25) is 0 Å². The number of sulfonamides is 1. The smallest absolute Gasteiger partial charge is 0.260 e. The molecule has 102 valence electrons. The molecular weight excluding hydrogens is 264 g/mol. The molecule has 0 atom stereocenters. The van der Waals surface area contributed by atoms with Gasteiger partial charge in [-0.1, -0.05) is 24.3 Å². The van der Waals surface area contributed by atoms with Crippen LogP contribution in [0.1, 0.15) is 11.1 Å². The Hall–Kier alpha value is -1.70. The maximum Gasteiger partial charge on any atom is 0.260 e. The monoisotopic (exact) mass is 280 g/mol. The minimum atomic E-state index is -3.52. The topological polar surface area (TPSA) is 92.1 Å². The van der Waals surface area contributed by atoms with Crippen LogP contribution >= 0.6 is 0 Å². The van der Waals surface area contributed by atoms with E-state index in [-0.39, 0.29) is 5.03 Å². The fourth-order valence-corrected chi connectivity index (χ4v) is 2.73. The molecule has 1 heterocycles. The van der Waals surface area contributed by atoms with Gasteiger partial charge in [0, 0.05) is 20.1 Å². The van der Waals surface area contributed by atoms with Crippen molar-refractivity contribution in [3.8, 4) is 0 Å². The zero-order valence-corrected chi connectivity index (χ0v) is 11.4. The SMILES string of the molecule is CN(Cc1ccc(CN)cc1)S(=O)(=O)c1cnc[nH]1. The lowest BCUT2D eigenvalue weighted by molar-refractivity contribution is 0.464. The Morgan fingerprint density at radius 1 is 1.26 bits per heavy atom. The highest BCUT2D eigenvalue weighted by Crippen LogP contribution is 2.14. The minimum absolute atomic E-state index is 0.0913. The van der Waals surface area contributed by atoms with Crippen LogP contribution in [0.3, 0.4) is 0 Å². The molecule has 0 unspecified atom stereocenters. The molecule has 1 aromatic carbocycles. The van der Waals surface area contributed by atoms with Crippen LogP contribution in [-0.2, 0) is 23.1 Å². The van der Waals surface area contributed by atoms with Gasteiger partial charge in [-0.25, -0.2) is 13.4 Å². The summed E-state index contributed by atoms with van der Waals surface area (Å²) in [5.41, 5.74) is 7.44. The predicted octanol–water partition coefficient (Wildman–Crippen LogP) is 0.689. The van der Waals surface area contributed by atoms with Crippen LogP contribution in [0.15, 0.2) is 41.8 Å². The average molecular weight is 280 g/mol. The summed E-state index contributed by atoms with van der Waals surface area (Å²) in [5.74, 6) is 0. The third-order valence-electron chi connectivity index (χ3n) is 2.83. The molecule has 2 rings (SSSR count). The second-order valence-electron chi connectivity index (χ2n) is 4.20. The maximum absolute atomic E-state index is 12.2. The number of hydrogen-bond donors (Lipinski definition) is 2. The van der Waals surface area contributed by atoms with Crippen molar-refractivity contribution < 1.29 is 8.42 Å². The molecule has 0 amide bonds. The van der Waals surface area contributed by atoms with E-state index in [2.05, 4.69) is 9.97 Å². The fraction of sp³-hybridized carbons (Fsp3) is 0.250. The van der Waals surface area contributed by atoms with Crippen LogP contribution in [0.25, 0.3) is 0 Å². The van der Waals surface area contributed by atoms with Gasteiger partial charge in [0.05, 0.1) is 12.5 Å². The first-order valence-corrected chi connectivity index (χ1v) is 7.20. The van der Waals surface area contributed by atoms with Crippen molar-refractivity contribution in [2.24, 2.45) is 5.73 Å². The zero-order valence-electron chi connectivity index (χ0n) is 10.6. The molecular formula is C12H16N4O2S. The Balaban J connectivity index is 2.14. The molecule has 0 aliphatic heterocycles. The highest BCUT2D eigenvalue weighted by molar-refractivity contribution is 7.89. The number of hydrogen-bond acceptors (Lipinski definition) is 4. The van der Waals surface area contributed by atoms with Crippen LogP contribution in [0.5, 0.6) is 0 Å². The highest BCUT2D eigenvalue weighted by atomic mass is 32.2.